The molecule has 0 saturated heterocycles. The lowest BCUT2D eigenvalue weighted by Gasteiger charge is -2.18. The van der Waals surface area contributed by atoms with Crippen molar-refractivity contribution in [2.24, 2.45) is 0 Å². The number of hydrogen-bond donors (Lipinski definition) is 0. The van der Waals surface area contributed by atoms with Gasteiger partial charge < -0.3 is 4.74 Å². The number of nitriles is 2. The topological polar surface area (TPSA) is 56.8 Å². The van der Waals surface area contributed by atoms with Crippen LogP contribution in [-0.4, -0.2) is 0 Å². The monoisotopic (exact) mass is 234 g/mol. The Balaban J connectivity index is 2.68. The van der Waals surface area contributed by atoms with Gasteiger partial charge in [-0.1, -0.05) is 24.3 Å². The molecule has 1 heterocycles. The highest BCUT2D eigenvalue weighted by molar-refractivity contribution is 5.86. The zero-order chi connectivity index (χ0) is 13.0. The van der Waals surface area contributed by atoms with E-state index in [0.29, 0.717) is 17.1 Å². The summed E-state index contributed by atoms with van der Waals surface area (Å²) >= 11 is 0. The highest BCUT2D eigenvalue weighted by Gasteiger charge is 2.18. The second-order valence-electron chi connectivity index (χ2n) is 3.66. The van der Waals surface area contributed by atoms with E-state index in [1.54, 1.807) is 12.2 Å². The van der Waals surface area contributed by atoms with E-state index in [1.165, 1.54) is 0 Å². The Morgan fingerprint density at radius 3 is 2.61 bits per heavy atom. The molecule has 0 spiro atoms. The van der Waals surface area contributed by atoms with Gasteiger partial charge in [0.2, 0.25) is 0 Å². The number of ether oxygens (including phenoxy) is 1. The summed E-state index contributed by atoms with van der Waals surface area (Å²) in [4.78, 5) is 0. The molecule has 1 aromatic rings. The van der Waals surface area contributed by atoms with Gasteiger partial charge >= 0.3 is 0 Å². The Kier molecular flexibility index (Phi) is 3.27. The third-order valence-corrected chi connectivity index (χ3v) is 2.52. The lowest BCUT2D eigenvalue weighted by Crippen LogP contribution is -2.03. The van der Waals surface area contributed by atoms with Crippen molar-refractivity contribution in [1.82, 2.24) is 0 Å². The van der Waals surface area contributed by atoms with Crippen LogP contribution < -0.4 is 4.74 Å². The molecule has 0 fully saturated rings. The highest BCUT2D eigenvalue weighted by atomic mass is 16.5. The fourth-order valence-corrected chi connectivity index (χ4v) is 1.75. The van der Waals surface area contributed by atoms with Crippen molar-refractivity contribution < 1.29 is 4.74 Å². The van der Waals surface area contributed by atoms with Gasteiger partial charge in [-0.2, -0.15) is 10.5 Å². The number of nitrogens with zero attached hydrogens (tertiary/aromatic N) is 2. The van der Waals surface area contributed by atoms with Crippen LogP contribution in [0.4, 0.5) is 0 Å². The van der Waals surface area contributed by atoms with Crippen LogP contribution in [0.3, 0.4) is 0 Å². The maximum atomic E-state index is 9.00. The Morgan fingerprint density at radius 1 is 1.22 bits per heavy atom. The van der Waals surface area contributed by atoms with Crippen LogP contribution in [0.15, 0.2) is 53.8 Å². The molecule has 1 aromatic carbocycles. The molecule has 18 heavy (non-hydrogen) atoms. The van der Waals surface area contributed by atoms with E-state index < -0.39 is 0 Å². The van der Waals surface area contributed by atoms with Gasteiger partial charge in [0.25, 0.3) is 0 Å². The molecule has 0 radical (unpaired) electrons. The van der Waals surface area contributed by atoms with Crippen molar-refractivity contribution in [3.05, 3.63) is 59.4 Å². The molecule has 0 saturated carbocycles. The number of allylic oxidation sites excluding steroid dienone is 5. The van der Waals surface area contributed by atoms with E-state index in [2.05, 4.69) is 0 Å². The summed E-state index contributed by atoms with van der Waals surface area (Å²) in [5.41, 5.74) is 1.46. The maximum absolute atomic E-state index is 9.00. The average molecular weight is 234 g/mol. The second-order valence-corrected chi connectivity index (χ2v) is 3.66. The Hall–Kier alpha value is -2.78. The molecular formula is C15H10N2O. The maximum Gasteiger partial charge on any atom is 0.137 e. The van der Waals surface area contributed by atoms with Crippen LogP contribution in [0.2, 0.25) is 0 Å². The molecule has 0 bridgehead atoms. The number of fused-ring (bicyclic) bond motifs is 1. The molecule has 0 amide bonds. The number of rotatable bonds is 1. The molecule has 1 aliphatic heterocycles. The smallest absolute Gasteiger partial charge is 0.137 e. The summed E-state index contributed by atoms with van der Waals surface area (Å²) in [5.74, 6) is 1.28. The number of hydrogen-bond acceptors (Lipinski definition) is 3. The minimum atomic E-state index is 0.0905. The largest absolute Gasteiger partial charge is 0.457 e. The van der Waals surface area contributed by atoms with Crippen LogP contribution in [0.25, 0.3) is 5.57 Å². The minimum absolute atomic E-state index is 0.0905. The lowest BCUT2D eigenvalue weighted by molar-refractivity contribution is 0.439. The molecule has 0 aliphatic carbocycles. The molecule has 2 rings (SSSR count). The van der Waals surface area contributed by atoms with E-state index in [-0.39, 0.29) is 5.57 Å². The van der Waals surface area contributed by atoms with Gasteiger partial charge in [-0.15, -0.1) is 0 Å². The molecule has 3 heteroatoms. The first-order chi connectivity index (χ1) is 8.80. The summed E-state index contributed by atoms with van der Waals surface area (Å²) < 4.78 is 5.66. The van der Waals surface area contributed by atoms with E-state index in [4.69, 9.17) is 15.3 Å². The average Bonchev–Trinajstić information content (AvgIpc) is 2.40. The highest BCUT2D eigenvalue weighted by Crippen LogP contribution is 2.35. The van der Waals surface area contributed by atoms with Crippen LogP contribution in [-0.2, 0) is 0 Å². The first-order valence-electron chi connectivity index (χ1n) is 5.46. The Labute approximate surface area is 106 Å². The first kappa shape index (κ1) is 11.7. The van der Waals surface area contributed by atoms with Gasteiger partial charge in [0.05, 0.1) is 0 Å². The fourth-order valence-electron chi connectivity index (χ4n) is 1.75. The van der Waals surface area contributed by atoms with Crippen molar-refractivity contribution in [2.75, 3.05) is 0 Å². The van der Waals surface area contributed by atoms with Crippen molar-refractivity contribution in [1.29, 1.82) is 10.5 Å². The summed E-state index contributed by atoms with van der Waals surface area (Å²) in [6, 6.07) is 11.2. The lowest BCUT2D eigenvalue weighted by atomic mass is 9.97. The number of benzene rings is 1. The van der Waals surface area contributed by atoms with Gasteiger partial charge in [-0.3, -0.25) is 0 Å². The van der Waals surface area contributed by atoms with E-state index in [9.17, 15) is 0 Å². The van der Waals surface area contributed by atoms with Gasteiger partial charge in [0, 0.05) is 11.1 Å². The SMILES string of the molecule is C/C=C/C1=CC(=C(C#N)C#N)c2ccccc2O1. The molecule has 86 valence electrons. The van der Waals surface area contributed by atoms with Crippen LogP contribution >= 0.6 is 0 Å². The van der Waals surface area contributed by atoms with Crippen molar-refractivity contribution in [3.63, 3.8) is 0 Å². The standard InChI is InChI=1S/C15H10N2O/c1-2-5-12-8-14(11(9-16)10-17)13-6-3-4-7-15(13)18-12/h2-8H,1H3/b5-2+. The van der Waals surface area contributed by atoms with Gasteiger partial charge in [-0.25, -0.2) is 0 Å². The summed E-state index contributed by atoms with van der Waals surface area (Å²) in [6.07, 6.45) is 5.35. The van der Waals surface area contributed by atoms with Gasteiger partial charge in [0.15, 0.2) is 0 Å². The van der Waals surface area contributed by atoms with Gasteiger partial charge in [-0.05, 0) is 25.1 Å². The molecule has 0 N–H and O–H groups in total. The fraction of sp³-hybridized carbons (Fsp3) is 0.0667. The van der Waals surface area contributed by atoms with Crippen molar-refractivity contribution in [2.45, 2.75) is 6.92 Å². The predicted molar refractivity (Wildman–Crippen MR) is 68.1 cm³/mol. The van der Waals surface area contributed by atoms with Gasteiger partial charge in [0.1, 0.15) is 29.2 Å². The third-order valence-electron chi connectivity index (χ3n) is 2.52. The molecule has 1 aliphatic rings. The van der Waals surface area contributed by atoms with Crippen molar-refractivity contribution in [3.8, 4) is 17.9 Å². The predicted octanol–water partition coefficient (Wildman–Crippen LogP) is 3.34. The zero-order valence-corrected chi connectivity index (χ0v) is 9.84. The first-order valence-corrected chi connectivity index (χ1v) is 5.46. The molecule has 3 nitrogen and oxygen atoms in total. The zero-order valence-electron chi connectivity index (χ0n) is 9.84. The molecule has 0 unspecified atom stereocenters. The van der Waals surface area contributed by atoms with Crippen molar-refractivity contribution >= 4 is 5.57 Å². The normalized spacial score (nSPS) is 13.1. The Bertz CT molecular complexity index is 636. The summed E-state index contributed by atoms with van der Waals surface area (Å²) in [7, 11) is 0. The molecular weight excluding hydrogens is 224 g/mol. The van der Waals surface area contributed by atoms with Crippen LogP contribution in [0.5, 0.6) is 5.75 Å². The quantitative estimate of drug-likeness (QED) is 0.700. The van der Waals surface area contributed by atoms with E-state index in [1.807, 2.05) is 49.4 Å². The third kappa shape index (κ3) is 2.03. The summed E-state index contributed by atoms with van der Waals surface area (Å²) in [5, 5.41) is 18.0. The Morgan fingerprint density at radius 2 is 1.94 bits per heavy atom. The van der Waals surface area contributed by atoms with E-state index in [0.717, 1.165) is 5.56 Å². The van der Waals surface area contributed by atoms with E-state index >= 15 is 0 Å². The van der Waals surface area contributed by atoms with Crippen LogP contribution in [0.1, 0.15) is 12.5 Å². The molecule has 0 atom stereocenters. The number of para-hydroxylation sites is 1. The minimum Gasteiger partial charge on any atom is -0.457 e. The summed E-state index contributed by atoms with van der Waals surface area (Å²) in [6.45, 7) is 1.88. The van der Waals surface area contributed by atoms with Crippen LogP contribution in [0, 0.1) is 22.7 Å². The molecule has 0 aromatic heterocycles. The second kappa shape index (κ2) is 5.03.